The molecule has 2 aromatic carbocycles. The highest BCUT2D eigenvalue weighted by Crippen LogP contribution is 2.36. The fraction of sp³-hybridized carbons (Fsp3) is 0. The van der Waals surface area contributed by atoms with Crippen LogP contribution >= 0.6 is 23.2 Å². The highest BCUT2D eigenvalue weighted by molar-refractivity contribution is 6.31. The number of benzene rings is 2. The Morgan fingerprint density at radius 3 is 2.30 bits per heavy atom. The van der Waals surface area contributed by atoms with Crippen LogP contribution in [0, 0.1) is 0 Å². The van der Waals surface area contributed by atoms with E-state index in [1.54, 1.807) is 42.5 Å². The predicted octanol–water partition coefficient (Wildman–Crippen LogP) is 5.10. The third-order valence-corrected chi connectivity index (χ3v) is 3.46. The maximum atomic E-state index is 11.4. The normalized spacial score (nSPS) is 10.9. The molecule has 1 heterocycles. The van der Waals surface area contributed by atoms with Crippen molar-refractivity contribution in [3.63, 3.8) is 0 Å². The minimum Gasteiger partial charge on any atom is -0.475 e. The van der Waals surface area contributed by atoms with Gasteiger partial charge >= 0.3 is 5.97 Å². The summed E-state index contributed by atoms with van der Waals surface area (Å²) in [4.78, 5) is 11.4. The quantitative estimate of drug-likeness (QED) is 0.716. The molecule has 0 spiro atoms. The van der Waals surface area contributed by atoms with Crippen LogP contribution in [0.3, 0.4) is 0 Å². The van der Waals surface area contributed by atoms with E-state index >= 15 is 0 Å². The first-order valence-electron chi connectivity index (χ1n) is 5.77. The molecule has 0 aliphatic heterocycles. The summed E-state index contributed by atoms with van der Waals surface area (Å²) in [6.45, 7) is 0. The summed E-state index contributed by atoms with van der Waals surface area (Å²) in [5.74, 6) is -1.23. The van der Waals surface area contributed by atoms with Crippen molar-refractivity contribution < 1.29 is 14.3 Å². The van der Waals surface area contributed by atoms with Gasteiger partial charge in [0.2, 0.25) is 5.76 Å². The lowest BCUT2D eigenvalue weighted by molar-refractivity contribution is 0.0666. The molecule has 0 radical (unpaired) electrons. The number of hydrogen-bond acceptors (Lipinski definition) is 2. The molecule has 3 rings (SSSR count). The maximum absolute atomic E-state index is 11.4. The first kappa shape index (κ1) is 13.0. The number of halogens is 2. The summed E-state index contributed by atoms with van der Waals surface area (Å²) in [5, 5.41) is 11.1. The molecule has 0 aliphatic rings. The third-order valence-electron chi connectivity index (χ3n) is 2.98. The number of carboxylic acids is 1. The lowest BCUT2D eigenvalue weighted by Crippen LogP contribution is -1.95. The van der Waals surface area contributed by atoms with E-state index in [9.17, 15) is 9.90 Å². The average Bonchev–Trinajstić information content (AvgIpc) is 2.78. The van der Waals surface area contributed by atoms with E-state index < -0.39 is 5.97 Å². The molecule has 0 saturated carbocycles. The van der Waals surface area contributed by atoms with Gasteiger partial charge in [0.05, 0.1) is 0 Å². The van der Waals surface area contributed by atoms with E-state index in [2.05, 4.69) is 0 Å². The predicted molar refractivity (Wildman–Crippen MR) is 78.6 cm³/mol. The van der Waals surface area contributed by atoms with Crippen LogP contribution in [0.2, 0.25) is 10.0 Å². The first-order chi connectivity index (χ1) is 9.56. The van der Waals surface area contributed by atoms with Crippen LogP contribution in [0.4, 0.5) is 0 Å². The van der Waals surface area contributed by atoms with Crippen LogP contribution in [0.25, 0.3) is 22.1 Å². The van der Waals surface area contributed by atoms with Gasteiger partial charge in [0.1, 0.15) is 5.58 Å². The Morgan fingerprint density at radius 1 is 1.00 bits per heavy atom. The highest BCUT2D eigenvalue weighted by atomic mass is 35.5. The zero-order valence-corrected chi connectivity index (χ0v) is 11.6. The summed E-state index contributed by atoms with van der Waals surface area (Å²) < 4.78 is 5.41. The number of furan rings is 1. The van der Waals surface area contributed by atoms with E-state index in [1.165, 1.54) is 0 Å². The topological polar surface area (TPSA) is 50.4 Å². The standard InChI is InChI=1S/C15H8Cl2O3/c16-9-3-1-8(2-4-9)13-11-7-10(17)5-6-12(11)20-14(13)15(18)19/h1-7H,(H,18,19). The Bertz CT molecular complexity index is 804. The number of carbonyl (C=O) groups is 1. The lowest BCUT2D eigenvalue weighted by Gasteiger charge is -2.01. The smallest absolute Gasteiger partial charge is 0.372 e. The molecule has 0 saturated heterocycles. The number of hydrogen-bond donors (Lipinski definition) is 1. The van der Waals surface area contributed by atoms with Crippen LogP contribution < -0.4 is 0 Å². The van der Waals surface area contributed by atoms with E-state index in [-0.39, 0.29) is 5.76 Å². The molecule has 0 aliphatic carbocycles. The molecule has 0 atom stereocenters. The Hall–Kier alpha value is -1.97. The minimum absolute atomic E-state index is 0.107. The largest absolute Gasteiger partial charge is 0.475 e. The molecule has 5 heteroatoms. The van der Waals surface area contributed by atoms with Gasteiger partial charge in [-0.2, -0.15) is 0 Å². The average molecular weight is 307 g/mol. The SMILES string of the molecule is O=C(O)c1oc2ccc(Cl)cc2c1-c1ccc(Cl)cc1. The van der Waals surface area contributed by atoms with Gasteiger partial charge < -0.3 is 9.52 Å². The van der Waals surface area contributed by atoms with E-state index in [1.807, 2.05) is 0 Å². The zero-order chi connectivity index (χ0) is 14.3. The van der Waals surface area contributed by atoms with Gasteiger partial charge in [-0.15, -0.1) is 0 Å². The second kappa shape index (κ2) is 4.85. The summed E-state index contributed by atoms with van der Waals surface area (Å²) in [5.41, 5.74) is 1.70. The second-order valence-electron chi connectivity index (χ2n) is 4.26. The number of aromatic carboxylic acids is 1. The van der Waals surface area contributed by atoms with Gasteiger partial charge in [-0.3, -0.25) is 0 Å². The van der Waals surface area contributed by atoms with Gasteiger partial charge in [-0.1, -0.05) is 35.3 Å². The number of rotatable bonds is 2. The Labute approximate surface area is 124 Å². The first-order valence-corrected chi connectivity index (χ1v) is 6.53. The van der Waals surface area contributed by atoms with Crippen LogP contribution in [-0.2, 0) is 0 Å². The minimum atomic E-state index is -1.12. The molecule has 1 aromatic heterocycles. The molecule has 100 valence electrons. The lowest BCUT2D eigenvalue weighted by atomic mass is 10.0. The van der Waals surface area contributed by atoms with Gasteiger partial charge in [-0.05, 0) is 35.9 Å². The van der Waals surface area contributed by atoms with Crippen LogP contribution in [0.1, 0.15) is 10.6 Å². The van der Waals surface area contributed by atoms with E-state index in [4.69, 9.17) is 27.6 Å². The van der Waals surface area contributed by atoms with Gasteiger partial charge in [-0.25, -0.2) is 4.79 Å². The molecule has 0 unspecified atom stereocenters. The Kier molecular flexibility index (Phi) is 3.16. The van der Waals surface area contributed by atoms with Crippen LogP contribution in [-0.4, -0.2) is 11.1 Å². The summed E-state index contributed by atoms with van der Waals surface area (Å²) in [7, 11) is 0. The van der Waals surface area contributed by atoms with Gasteiger partial charge in [0, 0.05) is 21.0 Å². The van der Waals surface area contributed by atoms with Crippen molar-refractivity contribution in [2.45, 2.75) is 0 Å². The summed E-state index contributed by atoms with van der Waals surface area (Å²) in [6, 6.07) is 11.9. The van der Waals surface area contributed by atoms with Crippen molar-refractivity contribution in [3.05, 3.63) is 58.3 Å². The van der Waals surface area contributed by atoms with Crippen molar-refractivity contribution in [1.29, 1.82) is 0 Å². The molecular weight excluding hydrogens is 299 g/mol. The summed E-state index contributed by atoms with van der Waals surface area (Å²) >= 11 is 11.8. The molecule has 3 aromatic rings. The van der Waals surface area contributed by atoms with Crippen molar-refractivity contribution >= 4 is 40.1 Å². The Balaban J connectivity index is 2.36. The second-order valence-corrected chi connectivity index (χ2v) is 5.13. The van der Waals surface area contributed by atoms with Crippen molar-refractivity contribution in [2.24, 2.45) is 0 Å². The number of fused-ring (bicyclic) bond motifs is 1. The maximum Gasteiger partial charge on any atom is 0.372 e. The van der Waals surface area contributed by atoms with Crippen LogP contribution in [0.15, 0.2) is 46.9 Å². The fourth-order valence-corrected chi connectivity index (χ4v) is 2.42. The summed E-state index contributed by atoms with van der Waals surface area (Å²) in [6.07, 6.45) is 0. The fourth-order valence-electron chi connectivity index (χ4n) is 2.12. The van der Waals surface area contributed by atoms with Gasteiger partial charge in [0.15, 0.2) is 0 Å². The van der Waals surface area contributed by atoms with E-state index in [0.29, 0.717) is 32.1 Å². The van der Waals surface area contributed by atoms with Crippen LogP contribution in [0.5, 0.6) is 0 Å². The molecule has 20 heavy (non-hydrogen) atoms. The van der Waals surface area contributed by atoms with Gasteiger partial charge in [0.25, 0.3) is 0 Å². The third kappa shape index (κ3) is 2.15. The van der Waals surface area contributed by atoms with Crippen molar-refractivity contribution in [1.82, 2.24) is 0 Å². The van der Waals surface area contributed by atoms with Crippen molar-refractivity contribution in [3.8, 4) is 11.1 Å². The van der Waals surface area contributed by atoms with E-state index in [0.717, 1.165) is 0 Å². The zero-order valence-electron chi connectivity index (χ0n) is 10.1. The monoisotopic (exact) mass is 306 g/mol. The number of carboxylic acid groups (broad SMARTS) is 1. The Morgan fingerprint density at radius 2 is 1.65 bits per heavy atom. The molecule has 0 amide bonds. The molecule has 1 N–H and O–H groups in total. The molecule has 0 bridgehead atoms. The molecular formula is C15H8Cl2O3. The van der Waals surface area contributed by atoms with Crippen molar-refractivity contribution in [2.75, 3.05) is 0 Å². The molecule has 0 fully saturated rings. The highest BCUT2D eigenvalue weighted by Gasteiger charge is 2.21. The molecule has 3 nitrogen and oxygen atoms in total.